The van der Waals surface area contributed by atoms with Crippen molar-refractivity contribution in [3.05, 3.63) is 21.9 Å². The maximum absolute atomic E-state index is 11.3. The molecule has 1 rings (SSSR count). The van der Waals surface area contributed by atoms with Crippen molar-refractivity contribution in [2.24, 2.45) is 5.73 Å². The Kier molecular flexibility index (Phi) is 6.56. The van der Waals surface area contributed by atoms with E-state index in [4.69, 9.17) is 5.73 Å². The van der Waals surface area contributed by atoms with E-state index in [1.807, 2.05) is 25.3 Å². The van der Waals surface area contributed by atoms with E-state index in [1.54, 1.807) is 11.3 Å². The molecule has 0 aliphatic rings. The molecule has 1 atom stereocenters. The minimum atomic E-state index is -0.379. The molecule has 0 aliphatic heterocycles. The zero-order valence-corrected chi connectivity index (χ0v) is 10.6. The summed E-state index contributed by atoms with van der Waals surface area (Å²) in [5.74, 6) is -0.0692. The van der Waals surface area contributed by atoms with Gasteiger partial charge in [-0.1, -0.05) is 6.92 Å². The Morgan fingerprint density at radius 1 is 1.67 bits per heavy atom. The quantitative estimate of drug-likeness (QED) is 0.854. The Balaban J connectivity index is 0.00000196. The standard InChI is InChI=1S/C10H16N2OS.ClH/c1-3-8(11)10(13)12-6-9-7(2)4-5-14-9;/h4-5,8H,3,6,11H2,1-2H3,(H,12,13);1H/t8-;/m0./s1. The van der Waals surface area contributed by atoms with Crippen LogP contribution in [0.15, 0.2) is 11.4 Å². The van der Waals surface area contributed by atoms with Crippen LogP contribution in [-0.4, -0.2) is 11.9 Å². The summed E-state index contributed by atoms with van der Waals surface area (Å²) in [5, 5.41) is 4.85. The van der Waals surface area contributed by atoms with Gasteiger partial charge in [0.05, 0.1) is 12.6 Å². The summed E-state index contributed by atoms with van der Waals surface area (Å²) in [7, 11) is 0. The van der Waals surface area contributed by atoms with Crippen LogP contribution in [0.4, 0.5) is 0 Å². The van der Waals surface area contributed by atoms with Gasteiger partial charge in [-0.2, -0.15) is 0 Å². The molecule has 0 aromatic carbocycles. The monoisotopic (exact) mass is 248 g/mol. The van der Waals surface area contributed by atoms with E-state index in [9.17, 15) is 4.79 Å². The fraction of sp³-hybridized carbons (Fsp3) is 0.500. The summed E-state index contributed by atoms with van der Waals surface area (Å²) in [5.41, 5.74) is 6.81. The van der Waals surface area contributed by atoms with E-state index in [0.29, 0.717) is 13.0 Å². The summed E-state index contributed by atoms with van der Waals surface area (Å²) < 4.78 is 0. The average Bonchev–Trinajstić information content (AvgIpc) is 2.59. The van der Waals surface area contributed by atoms with Gasteiger partial charge in [-0.15, -0.1) is 23.7 Å². The third-order valence-corrected chi connectivity index (χ3v) is 3.19. The number of amides is 1. The van der Waals surface area contributed by atoms with Gasteiger partial charge in [0.25, 0.3) is 0 Å². The van der Waals surface area contributed by atoms with Crippen molar-refractivity contribution in [3.8, 4) is 0 Å². The number of carbonyl (C=O) groups is 1. The van der Waals surface area contributed by atoms with Crippen LogP contribution < -0.4 is 11.1 Å². The number of nitrogens with one attached hydrogen (secondary N) is 1. The van der Waals surface area contributed by atoms with Crippen LogP contribution in [0.2, 0.25) is 0 Å². The van der Waals surface area contributed by atoms with Gasteiger partial charge >= 0.3 is 0 Å². The minimum absolute atomic E-state index is 0. The zero-order chi connectivity index (χ0) is 10.6. The normalized spacial score (nSPS) is 11.7. The van der Waals surface area contributed by atoms with Gasteiger partial charge in [0.1, 0.15) is 0 Å². The molecule has 1 amide bonds. The van der Waals surface area contributed by atoms with Gasteiger partial charge in [-0.05, 0) is 30.4 Å². The van der Waals surface area contributed by atoms with Crippen molar-refractivity contribution in [3.63, 3.8) is 0 Å². The first-order valence-electron chi connectivity index (χ1n) is 4.71. The summed E-state index contributed by atoms with van der Waals surface area (Å²) in [6.07, 6.45) is 0.676. The molecule has 1 aromatic rings. The fourth-order valence-corrected chi connectivity index (χ4v) is 1.91. The predicted molar refractivity (Wildman–Crippen MR) is 66.4 cm³/mol. The summed E-state index contributed by atoms with van der Waals surface area (Å²) in [4.78, 5) is 12.5. The Morgan fingerprint density at radius 3 is 2.80 bits per heavy atom. The van der Waals surface area contributed by atoms with E-state index in [1.165, 1.54) is 10.4 Å². The molecular formula is C10H17ClN2OS. The average molecular weight is 249 g/mol. The van der Waals surface area contributed by atoms with E-state index in [0.717, 1.165) is 0 Å². The van der Waals surface area contributed by atoms with Crippen molar-refractivity contribution in [1.29, 1.82) is 0 Å². The van der Waals surface area contributed by atoms with E-state index in [2.05, 4.69) is 5.32 Å². The van der Waals surface area contributed by atoms with Crippen LogP contribution in [0, 0.1) is 6.92 Å². The van der Waals surface area contributed by atoms with Gasteiger partial charge in [0, 0.05) is 4.88 Å². The number of aryl methyl sites for hydroxylation is 1. The zero-order valence-electron chi connectivity index (χ0n) is 8.95. The lowest BCUT2D eigenvalue weighted by Gasteiger charge is -2.09. The molecule has 0 saturated carbocycles. The lowest BCUT2D eigenvalue weighted by atomic mass is 10.2. The fourth-order valence-electron chi connectivity index (χ4n) is 1.07. The molecule has 1 heterocycles. The van der Waals surface area contributed by atoms with Crippen molar-refractivity contribution in [2.45, 2.75) is 32.9 Å². The molecule has 0 unspecified atom stereocenters. The smallest absolute Gasteiger partial charge is 0.237 e. The first-order valence-corrected chi connectivity index (χ1v) is 5.59. The maximum Gasteiger partial charge on any atom is 0.237 e. The van der Waals surface area contributed by atoms with Crippen LogP contribution >= 0.6 is 23.7 Å². The highest BCUT2D eigenvalue weighted by Gasteiger charge is 2.10. The Bertz CT molecular complexity index is 314. The minimum Gasteiger partial charge on any atom is -0.350 e. The largest absolute Gasteiger partial charge is 0.350 e. The molecular weight excluding hydrogens is 232 g/mol. The number of hydrogen-bond donors (Lipinski definition) is 2. The Hall–Kier alpha value is -0.580. The topological polar surface area (TPSA) is 55.1 Å². The molecule has 0 aliphatic carbocycles. The van der Waals surface area contributed by atoms with Crippen LogP contribution in [0.3, 0.4) is 0 Å². The highest BCUT2D eigenvalue weighted by Crippen LogP contribution is 2.14. The first-order chi connectivity index (χ1) is 6.65. The number of rotatable bonds is 4. The molecule has 3 N–H and O–H groups in total. The van der Waals surface area contributed by atoms with Gasteiger partial charge in [0.15, 0.2) is 0 Å². The maximum atomic E-state index is 11.3. The van der Waals surface area contributed by atoms with Crippen LogP contribution in [0.5, 0.6) is 0 Å². The van der Waals surface area contributed by atoms with E-state index >= 15 is 0 Å². The molecule has 15 heavy (non-hydrogen) atoms. The summed E-state index contributed by atoms with van der Waals surface area (Å²) in [6.45, 7) is 4.54. The van der Waals surface area contributed by atoms with E-state index in [-0.39, 0.29) is 24.4 Å². The third kappa shape index (κ3) is 4.20. The third-order valence-electron chi connectivity index (χ3n) is 2.17. The van der Waals surface area contributed by atoms with Crippen molar-refractivity contribution >= 4 is 29.7 Å². The number of halogens is 1. The second kappa shape index (κ2) is 6.82. The highest BCUT2D eigenvalue weighted by molar-refractivity contribution is 7.10. The van der Waals surface area contributed by atoms with Gasteiger partial charge in [-0.3, -0.25) is 4.79 Å². The second-order valence-electron chi connectivity index (χ2n) is 3.26. The van der Waals surface area contributed by atoms with Crippen molar-refractivity contribution in [1.82, 2.24) is 5.32 Å². The number of hydrogen-bond acceptors (Lipinski definition) is 3. The predicted octanol–water partition coefficient (Wildman–Crippen LogP) is 1.83. The Morgan fingerprint density at radius 2 is 2.33 bits per heavy atom. The molecule has 5 heteroatoms. The second-order valence-corrected chi connectivity index (χ2v) is 4.26. The first kappa shape index (κ1) is 14.4. The van der Waals surface area contributed by atoms with E-state index < -0.39 is 0 Å². The molecule has 0 saturated heterocycles. The lowest BCUT2D eigenvalue weighted by Crippen LogP contribution is -2.39. The molecule has 86 valence electrons. The Labute approximate surface area is 100 Å². The molecule has 0 spiro atoms. The molecule has 0 fully saturated rings. The summed E-state index contributed by atoms with van der Waals surface area (Å²) >= 11 is 1.66. The van der Waals surface area contributed by atoms with Crippen molar-refractivity contribution in [2.75, 3.05) is 0 Å². The van der Waals surface area contributed by atoms with Gasteiger partial charge in [-0.25, -0.2) is 0 Å². The highest BCUT2D eigenvalue weighted by atomic mass is 35.5. The molecule has 3 nitrogen and oxygen atoms in total. The van der Waals surface area contributed by atoms with Gasteiger partial charge < -0.3 is 11.1 Å². The number of carbonyl (C=O) groups excluding carboxylic acids is 1. The van der Waals surface area contributed by atoms with Crippen molar-refractivity contribution < 1.29 is 4.79 Å². The molecule has 1 aromatic heterocycles. The molecule has 0 bridgehead atoms. The molecule has 0 radical (unpaired) electrons. The van der Waals surface area contributed by atoms with Crippen LogP contribution in [0.1, 0.15) is 23.8 Å². The van der Waals surface area contributed by atoms with Gasteiger partial charge in [0.2, 0.25) is 5.91 Å². The SMILES string of the molecule is CC[C@H](N)C(=O)NCc1sccc1C.Cl. The number of thiophene rings is 1. The van der Waals surface area contributed by atoms with Crippen LogP contribution in [0.25, 0.3) is 0 Å². The summed E-state index contributed by atoms with van der Waals surface area (Å²) in [6, 6.07) is 1.67. The van der Waals surface area contributed by atoms with Crippen LogP contribution in [-0.2, 0) is 11.3 Å². The lowest BCUT2D eigenvalue weighted by molar-refractivity contribution is -0.122. The number of nitrogens with two attached hydrogens (primary N) is 1.